The van der Waals surface area contributed by atoms with Crippen molar-refractivity contribution in [2.45, 2.75) is 20.8 Å². The molecule has 0 radical (unpaired) electrons. The molecule has 0 bridgehead atoms. The Morgan fingerprint density at radius 1 is 1.06 bits per heavy atom. The van der Waals surface area contributed by atoms with Gasteiger partial charge in [-0.1, -0.05) is 23.2 Å². The third-order valence-electron chi connectivity index (χ3n) is 2.64. The SMILES string of the molecule is Cc1ccc(F)c(-c2nc(C)c(C)nc2Cl)c1. The van der Waals surface area contributed by atoms with Crippen molar-refractivity contribution in [2.24, 2.45) is 0 Å². The van der Waals surface area contributed by atoms with Gasteiger partial charge in [-0.05, 0) is 32.9 Å². The van der Waals surface area contributed by atoms with E-state index >= 15 is 0 Å². The van der Waals surface area contributed by atoms with Gasteiger partial charge in [-0.25, -0.2) is 14.4 Å². The first-order valence-corrected chi connectivity index (χ1v) is 5.64. The van der Waals surface area contributed by atoms with E-state index in [-0.39, 0.29) is 11.0 Å². The van der Waals surface area contributed by atoms with Crippen molar-refractivity contribution in [2.75, 3.05) is 0 Å². The lowest BCUT2D eigenvalue weighted by atomic mass is 10.1. The Morgan fingerprint density at radius 2 is 1.71 bits per heavy atom. The van der Waals surface area contributed by atoms with E-state index in [9.17, 15) is 4.39 Å². The summed E-state index contributed by atoms with van der Waals surface area (Å²) in [6, 6.07) is 4.85. The second-order valence-electron chi connectivity index (χ2n) is 4.02. The van der Waals surface area contributed by atoms with Gasteiger partial charge in [0.05, 0.1) is 11.4 Å². The van der Waals surface area contributed by atoms with Gasteiger partial charge in [0, 0.05) is 5.56 Å². The van der Waals surface area contributed by atoms with Crippen molar-refractivity contribution in [1.29, 1.82) is 0 Å². The normalized spacial score (nSPS) is 10.6. The van der Waals surface area contributed by atoms with E-state index in [0.717, 1.165) is 17.0 Å². The predicted molar refractivity (Wildman–Crippen MR) is 66.6 cm³/mol. The third kappa shape index (κ3) is 2.29. The van der Waals surface area contributed by atoms with Gasteiger partial charge < -0.3 is 0 Å². The van der Waals surface area contributed by atoms with Crippen LogP contribution in [0.25, 0.3) is 11.3 Å². The summed E-state index contributed by atoms with van der Waals surface area (Å²) in [6.45, 7) is 5.55. The summed E-state index contributed by atoms with van der Waals surface area (Å²) >= 11 is 6.02. The van der Waals surface area contributed by atoms with Crippen LogP contribution in [-0.2, 0) is 0 Å². The molecule has 0 aliphatic rings. The Balaban J connectivity index is 2.68. The second kappa shape index (κ2) is 4.41. The molecular weight excluding hydrogens is 239 g/mol. The molecule has 0 atom stereocenters. The van der Waals surface area contributed by atoms with E-state index in [1.165, 1.54) is 6.07 Å². The van der Waals surface area contributed by atoms with E-state index < -0.39 is 0 Å². The van der Waals surface area contributed by atoms with Gasteiger partial charge in [-0.2, -0.15) is 0 Å². The molecule has 2 nitrogen and oxygen atoms in total. The molecule has 0 N–H and O–H groups in total. The highest BCUT2D eigenvalue weighted by Gasteiger charge is 2.13. The highest BCUT2D eigenvalue weighted by Crippen LogP contribution is 2.28. The van der Waals surface area contributed by atoms with Crippen LogP contribution in [0.5, 0.6) is 0 Å². The number of hydrogen-bond donors (Lipinski definition) is 0. The Kier molecular flexibility index (Phi) is 3.11. The zero-order valence-electron chi connectivity index (χ0n) is 9.88. The van der Waals surface area contributed by atoms with Gasteiger partial charge in [0.2, 0.25) is 0 Å². The summed E-state index contributed by atoms with van der Waals surface area (Å²) in [5.74, 6) is -0.338. The quantitative estimate of drug-likeness (QED) is 0.768. The number of benzene rings is 1. The van der Waals surface area contributed by atoms with Gasteiger partial charge in [-0.3, -0.25) is 0 Å². The zero-order chi connectivity index (χ0) is 12.6. The Labute approximate surface area is 104 Å². The van der Waals surface area contributed by atoms with Crippen molar-refractivity contribution < 1.29 is 4.39 Å². The van der Waals surface area contributed by atoms with Gasteiger partial charge in [-0.15, -0.1) is 0 Å². The average Bonchev–Trinajstić information content (AvgIpc) is 2.27. The lowest BCUT2D eigenvalue weighted by Gasteiger charge is -2.08. The summed E-state index contributed by atoms with van der Waals surface area (Å²) < 4.78 is 13.7. The van der Waals surface area contributed by atoms with Crippen LogP contribution < -0.4 is 0 Å². The maximum atomic E-state index is 13.7. The molecule has 2 aromatic rings. The van der Waals surface area contributed by atoms with Crippen molar-refractivity contribution >= 4 is 11.6 Å². The molecule has 0 aliphatic carbocycles. The van der Waals surface area contributed by atoms with E-state index in [0.29, 0.717) is 11.3 Å². The molecule has 0 saturated heterocycles. The highest BCUT2D eigenvalue weighted by molar-refractivity contribution is 6.31. The van der Waals surface area contributed by atoms with Gasteiger partial charge >= 0.3 is 0 Å². The minimum Gasteiger partial charge on any atom is -0.248 e. The van der Waals surface area contributed by atoms with E-state index in [1.807, 2.05) is 20.8 Å². The smallest absolute Gasteiger partial charge is 0.155 e. The molecule has 1 aromatic heterocycles. The van der Waals surface area contributed by atoms with Crippen LogP contribution in [0.2, 0.25) is 5.15 Å². The topological polar surface area (TPSA) is 25.8 Å². The van der Waals surface area contributed by atoms with Crippen molar-refractivity contribution in [3.8, 4) is 11.3 Å². The molecule has 0 unspecified atom stereocenters. The standard InChI is InChI=1S/C13H12ClFN2/c1-7-4-5-11(15)10(6-7)12-13(14)17-9(3)8(2)16-12/h4-6H,1-3H3. The number of nitrogens with zero attached hydrogens (tertiary/aromatic N) is 2. The van der Waals surface area contributed by atoms with E-state index in [4.69, 9.17) is 11.6 Å². The van der Waals surface area contributed by atoms with Crippen molar-refractivity contribution in [3.63, 3.8) is 0 Å². The summed E-state index contributed by atoms with van der Waals surface area (Å²) in [5.41, 5.74) is 3.26. The number of rotatable bonds is 1. The Morgan fingerprint density at radius 3 is 2.41 bits per heavy atom. The lowest BCUT2D eigenvalue weighted by molar-refractivity contribution is 0.630. The van der Waals surface area contributed by atoms with Crippen LogP contribution in [0.3, 0.4) is 0 Å². The fraction of sp³-hybridized carbons (Fsp3) is 0.231. The molecule has 0 spiro atoms. The maximum absolute atomic E-state index is 13.7. The van der Waals surface area contributed by atoms with Crippen LogP contribution in [0.1, 0.15) is 17.0 Å². The number of aromatic nitrogens is 2. The van der Waals surface area contributed by atoms with E-state index in [1.54, 1.807) is 12.1 Å². The number of hydrogen-bond acceptors (Lipinski definition) is 2. The van der Waals surface area contributed by atoms with Crippen LogP contribution in [0, 0.1) is 26.6 Å². The van der Waals surface area contributed by atoms with Crippen LogP contribution in [0.15, 0.2) is 18.2 Å². The number of halogens is 2. The van der Waals surface area contributed by atoms with E-state index in [2.05, 4.69) is 9.97 Å². The molecule has 4 heteroatoms. The maximum Gasteiger partial charge on any atom is 0.155 e. The van der Waals surface area contributed by atoms with Gasteiger partial charge in [0.25, 0.3) is 0 Å². The highest BCUT2D eigenvalue weighted by atomic mass is 35.5. The van der Waals surface area contributed by atoms with Crippen molar-refractivity contribution in [3.05, 3.63) is 46.1 Å². The minimum atomic E-state index is -0.338. The molecular formula is C13H12ClFN2. The summed E-state index contributed by atoms with van der Waals surface area (Å²) in [6.07, 6.45) is 0. The largest absolute Gasteiger partial charge is 0.248 e. The molecule has 1 aromatic carbocycles. The molecule has 2 rings (SSSR count). The molecule has 17 heavy (non-hydrogen) atoms. The molecule has 0 saturated carbocycles. The van der Waals surface area contributed by atoms with Crippen LogP contribution >= 0.6 is 11.6 Å². The summed E-state index contributed by atoms with van der Waals surface area (Å²) in [5, 5.41) is 0.234. The Bertz CT molecular complexity index is 582. The first-order chi connectivity index (χ1) is 7.99. The molecule has 0 aliphatic heterocycles. The first-order valence-electron chi connectivity index (χ1n) is 5.26. The molecule has 0 fully saturated rings. The molecule has 88 valence electrons. The number of aryl methyl sites for hydroxylation is 3. The predicted octanol–water partition coefficient (Wildman–Crippen LogP) is 3.86. The third-order valence-corrected chi connectivity index (χ3v) is 2.90. The zero-order valence-corrected chi connectivity index (χ0v) is 10.6. The average molecular weight is 251 g/mol. The van der Waals surface area contributed by atoms with Crippen molar-refractivity contribution in [1.82, 2.24) is 9.97 Å². The fourth-order valence-corrected chi connectivity index (χ4v) is 1.84. The Hall–Kier alpha value is -1.48. The minimum absolute atomic E-state index is 0.234. The van der Waals surface area contributed by atoms with Gasteiger partial charge in [0.1, 0.15) is 11.5 Å². The van der Waals surface area contributed by atoms with Crippen LogP contribution in [-0.4, -0.2) is 9.97 Å². The summed E-state index contributed by atoms with van der Waals surface area (Å²) in [4.78, 5) is 8.47. The monoisotopic (exact) mass is 250 g/mol. The van der Waals surface area contributed by atoms with Crippen LogP contribution in [0.4, 0.5) is 4.39 Å². The first kappa shape index (κ1) is 12.0. The summed E-state index contributed by atoms with van der Waals surface area (Å²) in [7, 11) is 0. The second-order valence-corrected chi connectivity index (χ2v) is 4.38. The molecule has 1 heterocycles. The fourth-order valence-electron chi connectivity index (χ4n) is 1.57. The molecule has 0 amide bonds. The lowest BCUT2D eigenvalue weighted by Crippen LogP contribution is -1.98. The van der Waals surface area contributed by atoms with Gasteiger partial charge in [0.15, 0.2) is 5.15 Å².